The van der Waals surface area contributed by atoms with E-state index in [-0.39, 0.29) is 0 Å². The van der Waals surface area contributed by atoms with E-state index in [2.05, 4.69) is 41.1 Å². The number of para-hydroxylation sites is 1. The van der Waals surface area contributed by atoms with E-state index < -0.39 is 0 Å². The summed E-state index contributed by atoms with van der Waals surface area (Å²) >= 11 is 0. The first kappa shape index (κ1) is 13.9. The molecule has 2 aliphatic rings. The molecule has 0 saturated carbocycles. The largest absolute Gasteiger partial charge is 0.493 e. The zero-order valence-corrected chi connectivity index (χ0v) is 12.6. The molecule has 0 unspecified atom stereocenters. The summed E-state index contributed by atoms with van der Waals surface area (Å²) in [6.45, 7) is 7.02. The van der Waals surface area contributed by atoms with Crippen LogP contribution in [0.1, 0.15) is 18.4 Å². The Morgan fingerprint density at radius 1 is 1.15 bits per heavy atom. The Hall–Kier alpha value is -1.06. The van der Waals surface area contributed by atoms with Gasteiger partial charge in [-0.3, -0.25) is 0 Å². The van der Waals surface area contributed by atoms with Gasteiger partial charge in [0.25, 0.3) is 0 Å². The highest BCUT2D eigenvalue weighted by Gasteiger charge is 2.21. The van der Waals surface area contributed by atoms with Crippen LogP contribution in [-0.2, 0) is 6.42 Å². The van der Waals surface area contributed by atoms with Crippen LogP contribution in [0, 0.1) is 5.92 Å². The average Bonchev–Trinajstić information content (AvgIpc) is 2.77. The summed E-state index contributed by atoms with van der Waals surface area (Å²) in [7, 11) is 2.24. The molecule has 110 valence electrons. The zero-order chi connectivity index (χ0) is 13.8. The van der Waals surface area contributed by atoms with Gasteiger partial charge in [0, 0.05) is 19.6 Å². The van der Waals surface area contributed by atoms with Gasteiger partial charge in [-0.25, -0.2) is 0 Å². The normalized spacial score (nSPS) is 25.4. The number of fused-ring (bicyclic) bond motifs is 1. The molecule has 20 heavy (non-hydrogen) atoms. The van der Waals surface area contributed by atoms with Crippen molar-refractivity contribution < 1.29 is 4.74 Å². The average molecular weight is 274 g/mol. The molecule has 3 heteroatoms. The molecule has 0 radical (unpaired) electrons. The Morgan fingerprint density at radius 3 is 3.00 bits per heavy atom. The lowest BCUT2D eigenvalue weighted by Crippen LogP contribution is -2.34. The summed E-state index contributed by atoms with van der Waals surface area (Å²) in [5.74, 6) is 1.84. The minimum atomic E-state index is 0.738. The summed E-state index contributed by atoms with van der Waals surface area (Å²) in [5, 5.41) is 0. The van der Waals surface area contributed by atoms with Crippen molar-refractivity contribution in [2.45, 2.75) is 19.3 Å². The second kappa shape index (κ2) is 6.59. The summed E-state index contributed by atoms with van der Waals surface area (Å²) in [6.07, 6.45) is 3.65. The number of nitrogens with zero attached hydrogens (tertiary/aromatic N) is 2. The van der Waals surface area contributed by atoms with Crippen molar-refractivity contribution in [3.05, 3.63) is 29.8 Å². The number of benzene rings is 1. The summed E-state index contributed by atoms with van der Waals surface area (Å²) in [5.41, 5.74) is 1.39. The molecule has 0 aliphatic carbocycles. The number of likely N-dealkylation sites (N-methyl/N-ethyl adjacent to an activating group) is 1. The molecule has 3 nitrogen and oxygen atoms in total. The molecule has 0 amide bonds. The molecule has 2 heterocycles. The Labute approximate surface area is 122 Å². The fourth-order valence-corrected chi connectivity index (χ4v) is 3.37. The third-order valence-corrected chi connectivity index (χ3v) is 4.59. The van der Waals surface area contributed by atoms with Gasteiger partial charge in [0.1, 0.15) is 5.75 Å². The Morgan fingerprint density at radius 2 is 2.05 bits per heavy atom. The lowest BCUT2D eigenvalue weighted by atomic mass is 9.96. The Balaban J connectivity index is 1.60. The van der Waals surface area contributed by atoms with Gasteiger partial charge >= 0.3 is 0 Å². The highest BCUT2D eigenvalue weighted by molar-refractivity contribution is 5.34. The molecule has 1 atom stereocenters. The fourth-order valence-electron chi connectivity index (χ4n) is 3.37. The van der Waals surface area contributed by atoms with Gasteiger partial charge in [0.05, 0.1) is 6.61 Å². The van der Waals surface area contributed by atoms with Gasteiger partial charge in [0.15, 0.2) is 0 Å². The van der Waals surface area contributed by atoms with Gasteiger partial charge in [-0.15, -0.1) is 0 Å². The fraction of sp³-hybridized carbons (Fsp3) is 0.647. The number of rotatable bonds is 2. The topological polar surface area (TPSA) is 15.7 Å². The highest BCUT2D eigenvalue weighted by Crippen LogP contribution is 2.27. The molecule has 1 saturated heterocycles. The summed E-state index contributed by atoms with van der Waals surface area (Å²) < 4.78 is 5.88. The maximum absolute atomic E-state index is 5.88. The third kappa shape index (κ3) is 3.53. The maximum atomic E-state index is 5.88. The number of hydrogen-bond donors (Lipinski definition) is 0. The van der Waals surface area contributed by atoms with E-state index in [4.69, 9.17) is 4.74 Å². The number of ether oxygens (including phenoxy) is 1. The highest BCUT2D eigenvalue weighted by atomic mass is 16.5. The van der Waals surface area contributed by atoms with E-state index in [1.54, 1.807) is 0 Å². The number of hydrogen-bond acceptors (Lipinski definition) is 3. The molecule has 0 bridgehead atoms. The quantitative estimate of drug-likeness (QED) is 0.823. The molecule has 1 aromatic rings. The third-order valence-electron chi connectivity index (χ3n) is 4.59. The Kier molecular flexibility index (Phi) is 4.58. The van der Waals surface area contributed by atoms with Gasteiger partial charge in [0.2, 0.25) is 0 Å². The Bertz CT molecular complexity index is 435. The van der Waals surface area contributed by atoms with E-state index in [1.165, 1.54) is 57.5 Å². The minimum Gasteiger partial charge on any atom is -0.493 e. The molecule has 3 rings (SSSR count). The van der Waals surface area contributed by atoms with Crippen LogP contribution in [0.15, 0.2) is 24.3 Å². The van der Waals surface area contributed by atoms with Crippen molar-refractivity contribution in [2.75, 3.05) is 46.4 Å². The van der Waals surface area contributed by atoms with Crippen LogP contribution in [0.3, 0.4) is 0 Å². The second-order valence-electron chi connectivity index (χ2n) is 6.27. The maximum Gasteiger partial charge on any atom is 0.122 e. The molecular weight excluding hydrogens is 248 g/mol. The SMILES string of the molecule is CN1CCCN(C[C@H]2CCOc3ccccc3C2)CC1. The predicted octanol–water partition coefficient (Wildman–Crippen LogP) is 2.27. The van der Waals surface area contributed by atoms with Gasteiger partial charge in [-0.1, -0.05) is 18.2 Å². The van der Waals surface area contributed by atoms with Crippen molar-refractivity contribution >= 4 is 0 Å². The van der Waals surface area contributed by atoms with Crippen LogP contribution in [0.2, 0.25) is 0 Å². The molecule has 1 fully saturated rings. The van der Waals surface area contributed by atoms with E-state index >= 15 is 0 Å². The monoisotopic (exact) mass is 274 g/mol. The first-order valence-electron chi connectivity index (χ1n) is 7.93. The molecular formula is C17H26N2O. The van der Waals surface area contributed by atoms with Crippen LogP contribution in [-0.4, -0.2) is 56.2 Å². The van der Waals surface area contributed by atoms with Crippen LogP contribution in [0.4, 0.5) is 0 Å². The van der Waals surface area contributed by atoms with Crippen LogP contribution in [0.5, 0.6) is 5.75 Å². The van der Waals surface area contributed by atoms with Crippen molar-refractivity contribution in [2.24, 2.45) is 5.92 Å². The first-order chi connectivity index (χ1) is 9.81. The lowest BCUT2D eigenvalue weighted by molar-refractivity contribution is 0.214. The van der Waals surface area contributed by atoms with Crippen LogP contribution >= 0.6 is 0 Å². The molecule has 0 N–H and O–H groups in total. The van der Waals surface area contributed by atoms with Gasteiger partial charge in [-0.05, 0) is 56.9 Å². The molecule has 0 aromatic heterocycles. The summed E-state index contributed by atoms with van der Waals surface area (Å²) in [6, 6.07) is 8.54. The van der Waals surface area contributed by atoms with E-state index in [0.717, 1.165) is 18.3 Å². The molecule has 0 spiro atoms. The zero-order valence-electron chi connectivity index (χ0n) is 12.6. The smallest absolute Gasteiger partial charge is 0.122 e. The molecule has 1 aromatic carbocycles. The van der Waals surface area contributed by atoms with Crippen molar-refractivity contribution in [3.8, 4) is 5.75 Å². The van der Waals surface area contributed by atoms with Crippen LogP contribution < -0.4 is 4.74 Å². The van der Waals surface area contributed by atoms with Gasteiger partial charge < -0.3 is 14.5 Å². The second-order valence-corrected chi connectivity index (χ2v) is 6.27. The van der Waals surface area contributed by atoms with Crippen molar-refractivity contribution in [1.82, 2.24) is 9.80 Å². The minimum absolute atomic E-state index is 0.738. The van der Waals surface area contributed by atoms with Gasteiger partial charge in [-0.2, -0.15) is 0 Å². The van der Waals surface area contributed by atoms with Crippen LogP contribution in [0.25, 0.3) is 0 Å². The van der Waals surface area contributed by atoms with E-state index in [9.17, 15) is 0 Å². The molecule has 2 aliphatic heterocycles. The summed E-state index contributed by atoms with van der Waals surface area (Å²) in [4.78, 5) is 5.10. The predicted molar refractivity (Wildman–Crippen MR) is 82.3 cm³/mol. The standard InChI is InChI=1S/C17H26N2O/c1-18-8-4-9-19(11-10-18)14-15-7-12-20-17-6-3-2-5-16(17)13-15/h2-3,5-6,15H,4,7-14H2,1H3/t15-/m0/s1. The first-order valence-corrected chi connectivity index (χ1v) is 7.93. The van der Waals surface area contributed by atoms with Crippen molar-refractivity contribution in [1.29, 1.82) is 0 Å². The van der Waals surface area contributed by atoms with E-state index in [0.29, 0.717) is 0 Å². The van der Waals surface area contributed by atoms with E-state index in [1.807, 2.05) is 0 Å². The van der Waals surface area contributed by atoms with Crippen molar-refractivity contribution in [3.63, 3.8) is 0 Å². The lowest BCUT2D eigenvalue weighted by Gasteiger charge is -2.25.